The summed E-state index contributed by atoms with van der Waals surface area (Å²) < 4.78 is 0. The van der Waals surface area contributed by atoms with Gasteiger partial charge >= 0.3 is 0 Å². The molecule has 2 aromatic rings. The van der Waals surface area contributed by atoms with Gasteiger partial charge in [-0.15, -0.1) is 0 Å². The van der Waals surface area contributed by atoms with Gasteiger partial charge in [-0.05, 0) is 40.8 Å². The lowest BCUT2D eigenvalue weighted by Crippen LogP contribution is -1.84. The van der Waals surface area contributed by atoms with Crippen LogP contribution < -0.4 is 0 Å². The first-order valence-corrected chi connectivity index (χ1v) is 5.76. The van der Waals surface area contributed by atoms with Crippen molar-refractivity contribution < 1.29 is 0 Å². The Bertz CT molecular complexity index is 553. The average Bonchev–Trinajstić information content (AvgIpc) is 2.76. The van der Waals surface area contributed by atoms with E-state index in [0.29, 0.717) is 0 Å². The molecule has 0 saturated carbocycles. The van der Waals surface area contributed by atoms with Crippen LogP contribution in [0.15, 0.2) is 48.5 Å². The second kappa shape index (κ2) is 3.80. The minimum Gasteiger partial charge on any atom is -0.0837 e. The van der Waals surface area contributed by atoms with Crippen LogP contribution in [0.2, 0.25) is 5.02 Å². The fourth-order valence-corrected chi connectivity index (χ4v) is 2.41. The largest absolute Gasteiger partial charge is 0.0837 e. The lowest BCUT2D eigenvalue weighted by atomic mass is 10.0. The molecule has 16 heavy (non-hydrogen) atoms. The number of rotatable bonds is 1. The molecule has 0 fully saturated rings. The molecule has 0 aliphatic heterocycles. The lowest BCUT2D eigenvalue weighted by Gasteiger charge is -2.01. The minimum absolute atomic E-state index is 0.850. The van der Waals surface area contributed by atoms with Gasteiger partial charge in [0.15, 0.2) is 0 Å². The normalized spacial score (nSPS) is 13.4. The molecule has 0 saturated heterocycles. The molecule has 3 rings (SSSR count). The molecule has 1 heteroatoms. The monoisotopic (exact) mass is 226 g/mol. The van der Waals surface area contributed by atoms with Crippen molar-refractivity contribution in [3.63, 3.8) is 0 Å². The van der Waals surface area contributed by atoms with Crippen molar-refractivity contribution in [2.75, 3.05) is 0 Å². The second-order valence-corrected chi connectivity index (χ2v) is 4.43. The van der Waals surface area contributed by atoms with Gasteiger partial charge in [0.2, 0.25) is 0 Å². The summed E-state index contributed by atoms with van der Waals surface area (Å²) in [6, 6.07) is 16.6. The highest BCUT2D eigenvalue weighted by Crippen LogP contribution is 2.35. The van der Waals surface area contributed by atoms with Gasteiger partial charge in [-0.1, -0.05) is 54.1 Å². The Morgan fingerprint density at radius 1 is 0.875 bits per heavy atom. The number of hydrogen-bond acceptors (Lipinski definition) is 0. The predicted octanol–water partition coefficient (Wildman–Crippen LogP) is 4.44. The molecule has 0 nitrogen and oxygen atoms in total. The number of fused-ring (bicyclic) bond motifs is 1. The van der Waals surface area contributed by atoms with Gasteiger partial charge in [0.25, 0.3) is 0 Å². The molecule has 78 valence electrons. The van der Waals surface area contributed by atoms with Crippen LogP contribution in [0.4, 0.5) is 0 Å². The maximum Gasteiger partial charge on any atom is 0.0481 e. The Labute approximate surface area is 100 Å². The molecule has 0 heterocycles. The summed E-state index contributed by atoms with van der Waals surface area (Å²) in [5.74, 6) is 0. The highest BCUT2D eigenvalue weighted by Gasteiger charge is 2.15. The quantitative estimate of drug-likeness (QED) is 0.675. The van der Waals surface area contributed by atoms with E-state index in [9.17, 15) is 0 Å². The maximum atomic E-state index is 6.18. The zero-order valence-corrected chi connectivity index (χ0v) is 9.54. The minimum atomic E-state index is 0.850. The van der Waals surface area contributed by atoms with Crippen molar-refractivity contribution in [3.8, 4) is 0 Å². The summed E-state index contributed by atoms with van der Waals surface area (Å²) in [6.45, 7) is 0. The van der Waals surface area contributed by atoms with Gasteiger partial charge < -0.3 is 0 Å². The fraction of sp³-hybridized carbons (Fsp3) is 0.0667. The van der Waals surface area contributed by atoms with Gasteiger partial charge in [-0.3, -0.25) is 0 Å². The maximum absolute atomic E-state index is 6.18. The molecule has 0 amide bonds. The molecule has 0 unspecified atom stereocenters. The zero-order valence-electron chi connectivity index (χ0n) is 8.78. The van der Waals surface area contributed by atoms with Crippen molar-refractivity contribution in [2.45, 2.75) is 6.42 Å². The highest BCUT2D eigenvalue weighted by atomic mass is 35.5. The topological polar surface area (TPSA) is 0 Å². The summed E-state index contributed by atoms with van der Waals surface area (Å²) in [5.41, 5.74) is 5.15. The first kappa shape index (κ1) is 9.68. The van der Waals surface area contributed by atoms with Crippen LogP contribution in [0.3, 0.4) is 0 Å². The van der Waals surface area contributed by atoms with Gasteiger partial charge in [0.05, 0.1) is 0 Å². The third-order valence-corrected chi connectivity index (χ3v) is 3.32. The Kier molecular flexibility index (Phi) is 2.30. The standard InChI is InChI=1S/C15H11Cl/c16-15-8-4-7-12-9-13(10-14(12)15)11-5-2-1-3-6-11/h1-8,10H,9H2. The summed E-state index contributed by atoms with van der Waals surface area (Å²) in [5, 5.41) is 0.850. The molecule has 1 aliphatic rings. The molecule has 0 spiro atoms. The molecular weight excluding hydrogens is 216 g/mol. The van der Waals surface area contributed by atoms with E-state index in [2.05, 4.69) is 36.4 Å². The van der Waals surface area contributed by atoms with E-state index in [1.807, 2.05) is 18.2 Å². The zero-order chi connectivity index (χ0) is 11.0. The SMILES string of the molecule is Clc1cccc2c1C=C(c1ccccc1)C2. The smallest absolute Gasteiger partial charge is 0.0481 e. The van der Waals surface area contributed by atoms with Crippen molar-refractivity contribution >= 4 is 23.3 Å². The van der Waals surface area contributed by atoms with Crippen molar-refractivity contribution in [1.82, 2.24) is 0 Å². The van der Waals surface area contributed by atoms with Crippen LogP contribution in [0.25, 0.3) is 11.6 Å². The molecule has 2 aromatic carbocycles. The van der Waals surface area contributed by atoms with E-state index >= 15 is 0 Å². The fourth-order valence-electron chi connectivity index (χ4n) is 2.17. The van der Waals surface area contributed by atoms with Gasteiger partial charge in [-0.25, -0.2) is 0 Å². The van der Waals surface area contributed by atoms with Crippen LogP contribution in [0.1, 0.15) is 16.7 Å². The third-order valence-electron chi connectivity index (χ3n) is 2.99. The van der Waals surface area contributed by atoms with E-state index in [0.717, 1.165) is 11.4 Å². The number of allylic oxidation sites excluding steroid dienone is 1. The summed E-state index contributed by atoms with van der Waals surface area (Å²) in [7, 11) is 0. The van der Waals surface area contributed by atoms with E-state index in [-0.39, 0.29) is 0 Å². The van der Waals surface area contributed by atoms with Crippen LogP contribution in [0.5, 0.6) is 0 Å². The van der Waals surface area contributed by atoms with Crippen molar-refractivity contribution in [1.29, 1.82) is 0 Å². The Balaban J connectivity index is 2.06. The number of benzene rings is 2. The van der Waals surface area contributed by atoms with E-state index in [4.69, 9.17) is 11.6 Å². The predicted molar refractivity (Wildman–Crippen MR) is 69.5 cm³/mol. The van der Waals surface area contributed by atoms with Gasteiger partial charge in [0.1, 0.15) is 0 Å². The molecule has 1 aliphatic carbocycles. The van der Waals surface area contributed by atoms with Crippen LogP contribution >= 0.6 is 11.6 Å². The highest BCUT2D eigenvalue weighted by molar-refractivity contribution is 6.32. The van der Waals surface area contributed by atoms with Crippen LogP contribution in [0, 0.1) is 0 Å². The van der Waals surface area contributed by atoms with Gasteiger partial charge in [0, 0.05) is 5.02 Å². The third kappa shape index (κ3) is 1.56. The Hall–Kier alpha value is -1.53. The van der Waals surface area contributed by atoms with E-state index < -0.39 is 0 Å². The first-order chi connectivity index (χ1) is 7.84. The molecule has 0 radical (unpaired) electrons. The number of halogens is 1. The van der Waals surface area contributed by atoms with E-state index in [1.54, 1.807) is 0 Å². The van der Waals surface area contributed by atoms with Crippen LogP contribution in [-0.2, 0) is 6.42 Å². The molecule has 0 N–H and O–H groups in total. The Morgan fingerprint density at radius 3 is 2.44 bits per heavy atom. The lowest BCUT2D eigenvalue weighted by molar-refractivity contribution is 1.32. The molecular formula is C15H11Cl. The molecule has 0 bridgehead atoms. The molecule has 0 atom stereocenters. The van der Waals surface area contributed by atoms with Gasteiger partial charge in [-0.2, -0.15) is 0 Å². The summed E-state index contributed by atoms with van der Waals surface area (Å²) >= 11 is 6.18. The van der Waals surface area contributed by atoms with Crippen molar-refractivity contribution in [2.24, 2.45) is 0 Å². The van der Waals surface area contributed by atoms with Crippen LogP contribution in [-0.4, -0.2) is 0 Å². The van der Waals surface area contributed by atoms with Crippen molar-refractivity contribution in [3.05, 3.63) is 70.2 Å². The van der Waals surface area contributed by atoms with E-state index in [1.165, 1.54) is 22.3 Å². The summed E-state index contributed by atoms with van der Waals surface area (Å²) in [4.78, 5) is 0. The second-order valence-electron chi connectivity index (χ2n) is 4.03. The average molecular weight is 227 g/mol. The first-order valence-electron chi connectivity index (χ1n) is 5.38. The number of hydrogen-bond donors (Lipinski definition) is 0. The summed E-state index contributed by atoms with van der Waals surface area (Å²) in [6.07, 6.45) is 3.19. The Morgan fingerprint density at radius 2 is 1.69 bits per heavy atom. The molecule has 0 aromatic heterocycles.